The van der Waals surface area contributed by atoms with Crippen LogP contribution in [0.25, 0.3) is 12.2 Å². The van der Waals surface area contributed by atoms with E-state index in [9.17, 15) is 4.39 Å². The number of nitrogens with one attached hydrogen (secondary N) is 1. The lowest BCUT2D eigenvalue weighted by molar-refractivity contribution is -0.109. The number of anilines is 1. The van der Waals surface area contributed by atoms with Crippen LogP contribution in [0.1, 0.15) is 35.6 Å². The number of hydrogen-bond donors (Lipinski definition) is 3. The Hall–Kier alpha value is -2.64. The molecule has 0 bridgehead atoms. The van der Waals surface area contributed by atoms with Gasteiger partial charge >= 0.3 is 0 Å². The Morgan fingerprint density at radius 2 is 2.08 bits per heavy atom. The monoisotopic (exact) mass is 332 g/mol. The highest BCUT2D eigenvalue weighted by molar-refractivity contribution is 5.78. The van der Waals surface area contributed by atoms with Gasteiger partial charge in [-0.15, -0.1) is 0 Å². The van der Waals surface area contributed by atoms with E-state index in [0.717, 1.165) is 29.7 Å². The minimum absolute atomic E-state index is 0.241. The van der Waals surface area contributed by atoms with Crippen molar-refractivity contribution in [1.29, 1.82) is 0 Å². The first-order valence-corrected chi connectivity index (χ1v) is 7.50. The molecule has 5 N–H and O–H groups in total. The SMILES string of the molecule is CN(N)c1cc(F)cc(C2CC2)c1/C=C/c1ccco1.NNC=O. The summed E-state index contributed by atoms with van der Waals surface area (Å²) >= 11 is 0. The van der Waals surface area contributed by atoms with Crippen LogP contribution in [0.2, 0.25) is 0 Å². The Balaban J connectivity index is 0.000000471. The molecule has 1 aromatic carbocycles. The molecule has 1 aliphatic rings. The van der Waals surface area contributed by atoms with Crippen molar-refractivity contribution < 1.29 is 13.6 Å². The lowest BCUT2D eigenvalue weighted by Crippen LogP contribution is -2.26. The number of nitrogens with zero attached hydrogens (tertiary/aromatic N) is 1. The Morgan fingerprint density at radius 3 is 2.58 bits per heavy atom. The first-order valence-electron chi connectivity index (χ1n) is 7.50. The molecular formula is C17H21FN4O2. The zero-order valence-electron chi connectivity index (χ0n) is 13.4. The largest absolute Gasteiger partial charge is 0.465 e. The van der Waals surface area contributed by atoms with Crippen LogP contribution in [0.3, 0.4) is 0 Å². The molecule has 128 valence electrons. The van der Waals surface area contributed by atoms with Crippen LogP contribution in [0.5, 0.6) is 0 Å². The second-order valence-electron chi connectivity index (χ2n) is 5.45. The molecular weight excluding hydrogens is 311 g/mol. The maximum absolute atomic E-state index is 13.7. The first-order chi connectivity index (χ1) is 11.6. The van der Waals surface area contributed by atoms with Gasteiger partial charge in [-0.3, -0.25) is 10.2 Å². The third kappa shape index (κ3) is 4.68. The van der Waals surface area contributed by atoms with E-state index in [1.807, 2.05) is 24.3 Å². The van der Waals surface area contributed by atoms with Gasteiger partial charge in [-0.1, -0.05) is 0 Å². The first kappa shape index (κ1) is 17.7. The zero-order chi connectivity index (χ0) is 17.5. The fourth-order valence-corrected chi connectivity index (χ4v) is 2.38. The summed E-state index contributed by atoms with van der Waals surface area (Å²) in [5, 5.41) is 1.46. The van der Waals surface area contributed by atoms with E-state index in [4.69, 9.17) is 15.1 Å². The summed E-state index contributed by atoms with van der Waals surface area (Å²) in [7, 11) is 1.72. The van der Waals surface area contributed by atoms with E-state index in [1.165, 1.54) is 11.1 Å². The Morgan fingerprint density at radius 1 is 1.38 bits per heavy atom. The number of carbonyl (C=O) groups excluding carboxylic acids is 1. The van der Waals surface area contributed by atoms with Crippen molar-refractivity contribution in [2.75, 3.05) is 12.1 Å². The second-order valence-corrected chi connectivity index (χ2v) is 5.45. The summed E-state index contributed by atoms with van der Waals surface area (Å²) < 4.78 is 19.0. The molecule has 1 amide bonds. The van der Waals surface area contributed by atoms with Crippen LogP contribution in [-0.2, 0) is 4.79 Å². The Kier molecular flexibility index (Phi) is 6.11. The fourth-order valence-electron chi connectivity index (χ4n) is 2.38. The van der Waals surface area contributed by atoms with Crippen molar-refractivity contribution in [3.63, 3.8) is 0 Å². The molecule has 0 aliphatic heterocycles. The van der Waals surface area contributed by atoms with E-state index >= 15 is 0 Å². The van der Waals surface area contributed by atoms with Crippen molar-refractivity contribution in [3.05, 3.63) is 53.2 Å². The number of benzene rings is 1. The van der Waals surface area contributed by atoms with Crippen LogP contribution >= 0.6 is 0 Å². The van der Waals surface area contributed by atoms with Crippen molar-refractivity contribution in [2.24, 2.45) is 11.7 Å². The zero-order valence-corrected chi connectivity index (χ0v) is 13.4. The number of halogens is 1. The van der Waals surface area contributed by atoms with Gasteiger partial charge < -0.3 is 9.43 Å². The van der Waals surface area contributed by atoms with Crippen molar-refractivity contribution >= 4 is 24.2 Å². The third-order valence-electron chi connectivity index (χ3n) is 3.58. The number of hydrazine groups is 2. The lowest BCUT2D eigenvalue weighted by atomic mass is 10.00. The molecule has 0 radical (unpaired) electrons. The van der Waals surface area contributed by atoms with Gasteiger partial charge in [0.2, 0.25) is 6.41 Å². The molecule has 6 nitrogen and oxygen atoms in total. The number of amides is 1. The molecule has 0 saturated heterocycles. The standard InChI is InChI=1S/C16H17FN2O.CH4N2O/c1-19(18)16-10-12(17)9-15(11-4-5-11)14(16)7-6-13-3-2-8-20-13;2-3-1-4/h2-3,6-11H,4-5,18H2,1H3;1H,2H2,(H,3,4)/b7-6+;. The summed E-state index contributed by atoms with van der Waals surface area (Å²) in [5.74, 6) is 11.2. The fraction of sp³-hybridized carbons (Fsp3) is 0.235. The average Bonchev–Trinajstić information content (AvgIpc) is 3.29. The van der Waals surface area contributed by atoms with Gasteiger partial charge in [0.25, 0.3) is 0 Å². The Bertz CT molecular complexity index is 672. The van der Waals surface area contributed by atoms with Crippen LogP contribution in [0.4, 0.5) is 10.1 Å². The van der Waals surface area contributed by atoms with E-state index in [-0.39, 0.29) is 5.82 Å². The minimum atomic E-state index is -0.241. The molecule has 3 rings (SSSR count). The van der Waals surface area contributed by atoms with Crippen LogP contribution in [0, 0.1) is 5.82 Å². The molecule has 24 heavy (non-hydrogen) atoms. The van der Waals surface area contributed by atoms with E-state index in [1.54, 1.807) is 24.8 Å². The predicted molar refractivity (Wildman–Crippen MR) is 92.0 cm³/mol. The summed E-state index contributed by atoms with van der Waals surface area (Å²) in [5.41, 5.74) is 4.44. The summed E-state index contributed by atoms with van der Waals surface area (Å²) in [4.78, 5) is 8.94. The van der Waals surface area contributed by atoms with Crippen LogP contribution in [0.15, 0.2) is 34.9 Å². The highest BCUT2D eigenvalue weighted by Crippen LogP contribution is 2.44. The van der Waals surface area contributed by atoms with Crippen molar-refractivity contribution in [2.45, 2.75) is 18.8 Å². The van der Waals surface area contributed by atoms with Crippen molar-refractivity contribution in [1.82, 2.24) is 5.43 Å². The lowest BCUT2D eigenvalue weighted by Gasteiger charge is -2.18. The summed E-state index contributed by atoms with van der Waals surface area (Å²) in [6.45, 7) is 0. The molecule has 0 spiro atoms. The van der Waals surface area contributed by atoms with Gasteiger partial charge in [-0.2, -0.15) is 0 Å². The molecule has 2 aromatic rings. The molecule has 1 aliphatic carbocycles. The molecule has 1 fully saturated rings. The third-order valence-corrected chi connectivity index (χ3v) is 3.58. The molecule has 1 heterocycles. The number of rotatable bonds is 5. The molecule has 0 atom stereocenters. The van der Waals surface area contributed by atoms with Gasteiger partial charge in [0.15, 0.2) is 0 Å². The predicted octanol–water partition coefficient (Wildman–Crippen LogP) is 2.38. The number of hydrogen-bond acceptors (Lipinski definition) is 5. The summed E-state index contributed by atoms with van der Waals surface area (Å²) in [6.07, 6.45) is 8.08. The highest BCUT2D eigenvalue weighted by atomic mass is 19.1. The normalized spacial score (nSPS) is 13.3. The molecule has 0 unspecified atom stereocenters. The van der Waals surface area contributed by atoms with E-state index < -0.39 is 0 Å². The van der Waals surface area contributed by atoms with Gasteiger partial charge in [0.05, 0.1) is 12.0 Å². The van der Waals surface area contributed by atoms with E-state index in [0.29, 0.717) is 18.0 Å². The second kappa shape index (κ2) is 8.28. The topological polar surface area (TPSA) is 97.5 Å². The van der Waals surface area contributed by atoms with Gasteiger partial charge in [0, 0.05) is 12.6 Å². The molecule has 7 heteroatoms. The van der Waals surface area contributed by atoms with Gasteiger partial charge in [-0.25, -0.2) is 16.1 Å². The minimum Gasteiger partial charge on any atom is -0.465 e. The number of nitrogens with two attached hydrogens (primary N) is 2. The molecule has 1 saturated carbocycles. The number of furan rings is 1. The average molecular weight is 332 g/mol. The summed E-state index contributed by atoms with van der Waals surface area (Å²) in [6, 6.07) is 6.80. The highest BCUT2D eigenvalue weighted by Gasteiger charge is 2.27. The maximum Gasteiger partial charge on any atom is 0.221 e. The van der Waals surface area contributed by atoms with Gasteiger partial charge in [-0.05, 0) is 60.7 Å². The van der Waals surface area contributed by atoms with Crippen LogP contribution < -0.4 is 22.1 Å². The smallest absolute Gasteiger partial charge is 0.221 e. The Labute approximate surface area is 139 Å². The van der Waals surface area contributed by atoms with Crippen molar-refractivity contribution in [3.8, 4) is 0 Å². The van der Waals surface area contributed by atoms with E-state index in [2.05, 4.69) is 5.84 Å². The van der Waals surface area contributed by atoms with Crippen LogP contribution in [-0.4, -0.2) is 13.5 Å². The maximum atomic E-state index is 13.7. The number of carbonyl (C=O) groups is 1. The van der Waals surface area contributed by atoms with Gasteiger partial charge in [0.1, 0.15) is 11.6 Å². The molecule has 1 aromatic heterocycles. The quantitative estimate of drug-likeness (QED) is 0.338.